The maximum atomic E-state index is 12.5. The van der Waals surface area contributed by atoms with Gasteiger partial charge in [-0.15, -0.1) is 0 Å². The molecule has 1 aromatic carbocycles. The lowest BCUT2D eigenvalue weighted by Crippen LogP contribution is -2.44. The molecular weight excluding hydrogens is 378 g/mol. The molecule has 152 valence electrons. The van der Waals surface area contributed by atoms with Gasteiger partial charge in [-0.2, -0.15) is 0 Å². The summed E-state index contributed by atoms with van der Waals surface area (Å²) in [4.78, 5) is 25.2. The number of imidazole rings is 1. The van der Waals surface area contributed by atoms with Gasteiger partial charge in [-0.05, 0) is 19.1 Å². The predicted octanol–water partition coefficient (Wildman–Crippen LogP) is 0.734. The zero-order chi connectivity index (χ0) is 20.6. The van der Waals surface area contributed by atoms with Crippen molar-refractivity contribution >= 4 is 22.9 Å². The Kier molecular flexibility index (Phi) is 5.01. The standard InChI is InChI=1S/C19H21N5O5/c1-19(8-25)14(26)13(28-2)18(29-19)24-10-22-12-15(20-9-21-16(12)24)23-17(27)11-6-4-3-5-7-11/h3-7,9-10,13-14,18,25-26H,8H2,1-2H3,(H,20,21,23,27)/t13-,14+,18-,19?/m1/s1. The topological polar surface area (TPSA) is 132 Å². The van der Waals surface area contributed by atoms with Gasteiger partial charge < -0.3 is 25.0 Å². The molecule has 2 aromatic heterocycles. The van der Waals surface area contributed by atoms with Crippen LogP contribution in [0.1, 0.15) is 23.5 Å². The fourth-order valence-electron chi connectivity index (χ4n) is 3.41. The highest BCUT2D eigenvalue weighted by Gasteiger charge is 2.53. The smallest absolute Gasteiger partial charge is 0.256 e. The van der Waals surface area contributed by atoms with Gasteiger partial charge in [0.2, 0.25) is 0 Å². The van der Waals surface area contributed by atoms with Gasteiger partial charge in [0.15, 0.2) is 23.2 Å². The minimum Gasteiger partial charge on any atom is -0.393 e. The van der Waals surface area contributed by atoms with Crippen LogP contribution in [-0.4, -0.2) is 67.2 Å². The molecule has 3 N–H and O–H groups in total. The summed E-state index contributed by atoms with van der Waals surface area (Å²) >= 11 is 0. The van der Waals surface area contributed by atoms with Crippen molar-refractivity contribution in [3.05, 3.63) is 48.5 Å². The van der Waals surface area contributed by atoms with Gasteiger partial charge in [-0.3, -0.25) is 9.36 Å². The van der Waals surface area contributed by atoms with Crippen LogP contribution in [0.25, 0.3) is 11.2 Å². The number of rotatable bonds is 5. The minimum absolute atomic E-state index is 0.250. The number of benzene rings is 1. The molecule has 1 aliphatic heterocycles. The highest BCUT2D eigenvalue weighted by Crippen LogP contribution is 2.39. The summed E-state index contributed by atoms with van der Waals surface area (Å²) in [6.45, 7) is 1.22. The van der Waals surface area contributed by atoms with Gasteiger partial charge in [0.25, 0.3) is 5.91 Å². The van der Waals surface area contributed by atoms with Crippen LogP contribution < -0.4 is 5.32 Å². The molecule has 1 saturated heterocycles. The first kappa shape index (κ1) is 19.4. The van der Waals surface area contributed by atoms with E-state index in [-0.39, 0.29) is 18.3 Å². The Hall–Kier alpha value is -2.92. The van der Waals surface area contributed by atoms with Crippen molar-refractivity contribution in [1.82, 2.24) is 19.5 Å². The van der Waals surface area contributed by atoms with Crippen LogP contribution in [-0.2, 0) is 9.47 Å². The van der Waals surface area contributed by atoms with E-state index in [1.54, 1.807) is 35.8 Å². The zero-order valence-electron chi connectivity index (χ0n) is 15.9. The largest absolute Gasteiger partial charge is 0.393 e. The number of nitrogens with zero attached hydrogens (tertiary/aromatic N) is 4. The van der Waals surface area contributed by atoms with Crippen molar-refractivity contribution in [2.24, 2.45) is 0 Å². The number of aromatic nitrogens is 4. The van der Waals surface area contributed by atoms with Crippen molar-refractivity contribution < 1.29 is 24.5 Å². The van der Waals surface area contributed by atoms with E-state index < -0.39 is 24.0 Å². The van der Waals surface area contributed by atoms with Crippen LogP contribution in [0.2, 0.25) is 0 Å². The number of carbonyl (C=O) groups excluding carboxylic acids is 1. The Bertz CT molecular complexity index is 1030. The van der Waals surface area contributed by atoms with Crippen LogP contribution in [0, 0.1) is 0 Å². The van der Waals surface area contributed by atoms with Gasteiger partial charge in [-0.25, -0.2) is 15.0 Å². The third-order valence-electron chi connectivity index (χ3n) is 5.09. The number of methoxy groups -OCH3 is 1. The fourth-order valence-corrected chi connectivity index (χ4v) is 3.41. The summed E-state index contributed by atoms with van der Waals surface area (Å²) in [5.74, 6) is -0.0738. The first-order valence-electron chi connectivity index (χ1n) is 9.02. The Morgan fingerprint density at radius 2 is 2.07 bits per heavy atom. The van der Waals surface area contributed by atoms with Crippen LogP contribution in [0.15, 0.2) is 43.0 Å². The summed E-state index contributed by atoms with van der Waals surface area (Å²) in [7, 11) is 1.45. The van der Waals surface area contributed by atoms with Crippen molar-refractivity contribution in [2.75, 3.05) is 19.0 Å². The van der Waals surface area contributed by atoms with Crippen molar-refractivity contribution in [2.45, 2.75) is 31.0 Å². The molecule has 4 atom stereocenters. The average molecular weight is 399 g/mol. The highest BCUT2D eigenvalue weighted by atomic mass is 16.6. The van der Waals surface area contributed by atoms with E-state index in [2.05, 4.69) is 20.3 Å². The second kappa shape index (κ2) is 7.48. The number of hydrogen-bond donors (Lipinski definition) is 3. The molecule has 1 aliphatic rings. The molecule has 1 unspecified atom stereocenters. The molecule has 0 spiro atoms. The van der Waals surface area contributed by atoms with Crippen molar-refractivity contribution in [3.63, 3.8) is 0 Å². The van der Waals surface area contributed by atoms with Gasteiger partial charge in [0.1, 0.15) is 24.1 Å². The van der Waals surface area contributed by atoms with Crippen LogP contribution in [0.4, 0.5) is 5.82 Å². The lowest BCUT2D eigenvalue weighted by molar-refractivity contribution is -0.116. The molecule has 1 amide bonds. The fraction of sp³-hybridized carbons (Fsp3) is 0.368. The number of anilines is 1. The lowest BCUT2D eigenvalue weighted by Gasteiger charge is -2.24. The normalized spacial score (nSPS) is 26.7. The summed E-state index contributed by atoms with van der Waals surface area (Å²) in [5.41, 5.74) is 0.0468. The Morgan fingerprint density at radius 3 is 2.76 bits per heavy atom. The molecule has 29 heavy (non-hydrogen) atoms. The molecule has 3 aromatic rings. The van der Waals surface area contributed by atoms with Crippen molar-refractivity contribution in [1.29, 1.82) is 0 Å². The summed E-state index contributed by atoms with van der Waals surface area (Å²) in [6.07, 6.45) is 0.203. The number of nitrogens with one attached hydrogen (secondary N) is 1. The first-order valence-corrected chi connectivity index (χ1v) is 9.02. The Morgan fingerprint density at radius 1 is 1.31 bits per heavy atom. The number of ether oxygens (including phenoxy) is 2. The number of aliphatic hydroxyl groups is 2. The van der Waals surface area contributed by atoms with E-state index in [9.17, 15) is 15.0 Å². The van der Waals surface area contributed by atoms with E-state index >= 15 is 0 Å². The second-order valence-electron chi connectivity index (χ2n) is 6.99. The molecule has 0 radical (unpaired) electrons. The molecule has 3 heterocycles. The maximum absolute atomic E-state index is 12.5. The average Bonchev–Trinajstić information content (AvgIpc) is 3.28. The van der Waals surface area contributed by atoms with Gasteiger partial charge in [-0.1, -0.05) is 18.2 Å². The predicted molar refractivity (Wildman–Crippen MR) is 102 cm³/mol. The van der Waals surface area contributed by atoms with Gasteiger partial charge in [0.05, 0.1) is 12.9 Å². The number of carbonyl (C=O) groups is 1. The maximum Gasteiger partial charge on any atom is 0.256 e. The molecule has 0 bridgehead atoms. The monoisotopic (exact) mass is 399 g/mol. The Balaban J connectivity index is 1.68. The van der Waals surface area contributed by atoms with E-state index in [1.165, 1.54) is 19.8 Å². The second-order valence-corrected chi connectivity index (χ2v) is 6.99. The van der Waals surface area contributed by atoms with Gasteiger partial charge >= 0.3 is 0 Å². The van der Waals surface area contributed by atoms with Crippen LogP contribution >= 0.6 is 0 Å². The number of fused-ring (bicyclic) bond motifs is 1. The van der Waals surface area contributed by atoms with Gasteiger partial charge in [0, 0.05) is 12.7 Å². The van der Waals surface area contributed by atoms with Crippen molar-refractivity contribution in [3.8, 4) is 0 Å². The molecule has 1 fully saturated rings. The number of hydrogen-bond acceptors (Lipinski definition) is 8. The summed E-state index contributed by atoms with van der Waals surface area (Å²) in [5, 5.41) is 22.9. The van der Waals surface area contributed by atoms with E-state index in [0.29, 0.717) is 16.7 Å². The first-order chi connectivity index (χ1) is 14.0. The number of amides is 1. The Labute approximate surface area is 166 Å². The summed E-state index contributed by atoms with van der Waals surface area (Å²) in [6, 6.07) is 8.75. The summed E-state index contributed by atoms with van der Waals surface area (Å²) < 4.78 is 12.9. The van der Waals surface area contributed by atoms with Crippen LogP contribution in [0.3, 0.4) is 0 Å². The molecule has 10 nitrogen and oxygen atoms in total. The van der Waals surface area contributed by atoms with E-state index in [0.717, 1.165) is 0 Å². The molecule has 4 rings (SSSR count). The molecule has 10 heteroatoms. The minimum atomic E-state index is -1.20. The molecule has 0 saturated carbocycles. The molecular formula is C19H21N5O5. The SMILES string of the molecule is CO[C@H]1[C@H](n2cnc3c(NC(=O)c4ccccc4)ncnc32)OC(C)(CO)[C@H]1O. The van der Waals surface area contributed by atoms with E-state index in [1.807, 2.05) is 6.07 Å². The highest BCUT2D eigenvalue weighted by molar-refractivity contribution is 6.06. The quantitative estimate of drug-likeness (QED) is 0.572. The lowest BCUT2D eigenvalue weighted by atomic mass is 9.98. The third kappa shape index (κ3) is 3.25. The molecule has 0 aliphatic carbocycles. The zero-order valence-corrected chi connectivity index (χ0v) is 15.9. The van der Waals surface area contributed by atoms with E-state index in [4.69, 9.17) is 9.47 Å². The van der Waals surface area contributed by atoms with Crippen LogP contribution in [0.5, 0.6) is 0 Å². The number of aliphatic hydroxyl groups excluding tert-OH is 2. The third-order valence-corrected chi connectivity index (χ3v) is 5.09.